The summed E-state index contributed by atoms with van der Waals surface area (Å²) in [6, 6.07) is 10.6. The summed E-state index contributed by atoms with van der Waals surface area (Å²) in [5.41, 5.74) is 5.06. The van der Waals surface area contributed by atoms with Crippen LogP contribution in [0.1, 0.15) is 46.7 Å². The van der Waals surface area contributed by atoms with Gasteiger partial charge in [-0.1, -0.05) is 11.6 Å². The monoisotopic (exact) mass is 497 g/mol. The number of nitrogens with one attached hydrogen (secondary N) is 2. The topological polar surface area (TPSA) is 89.8 Å². The second-order valence-corrected chi connectivity index (χ2v) is 8.44. The summed E-state index contributed by atoms with van der Waals surface area (Å²) in [5, 5.41) is 11.2. The molecule has 0 fully saturated rings. The van der Waals surface area contributed by atoms with Crippen molar-refractivity contribution in [1.82, 2.24) is 15.1 Å². The fraction of sp³-hybridized carbons (Fsp3) is 0.346. The first-order chi connectivity index (χ1) is 16.7. The van der Waals surface area contributed by atoms with Crippen molar-refractivity contribution in [3.63, 3.8) is 0 Å². The molecule has 35 heavy (non-hydrogen) atoms. The van der Waals surface area contributed by atoms with E-state index in [1.807, 2.05) is 58.5 Å². The largest absolute Gasteiger partial charge is 0.490 e. The summed E-state index contributed by atoms with van der Waals surface area (Å²) < 4.78 is 13.1. The highest BCUT2D eigenvalue weighted by Gasteiger charge is 2.15. The molecule has 1 heterocycles. The van der Waals surface area contributed by atoms with Crippen molar-refractivity contribution in [2.75, 3.05) is 18.5 Å². The predicted octanol–water partition coefficient (Wildman–Crippen LogP) is 5.19. The van der Waals surface area contributed by atoms with Gasteiger partial charge in [-0.05, 0) is 76.6 Å². The number of halogens is 1. The van der Waals surface area contributed by atoms with Crippen LogP contribution < -0.4 is 20.1 Å². The van der Waals surface area contributed by atoms with E-state index < -0.39 is 0 Å². The Morgan fingerprint density at radius 1 is 1.06 bits per heavy atom. The number of aromatic nitrogens is 2. The third-order valence-corrected chi connectivity index (χ3v) is 5.77. The molecule has 186 valence electrons. The lowest BCUT2D eigenvalue weighted by atomic mass is 10.2. The number of guanidine groups is 1. The molecule has 2 aromatic carbocycles. The van der Waals surface area contributed by atoms with Crippen molar-refractivity contribution in [3.05, 3.63) is 69.5 Å². The quantitative estimate of drug-likeness (QED) is 0.330. The molecule has 9 heteroatoms. The molecule has 0 bridgehead atoms. The van der Waals surface area contributed by atoms with Gasteiger partial charge in [-0.15, -0.1) is 0 Å². The van der Waals surface area contributed by atoms with Crippen molar-refractivity contribution < 1.29 is 14.3 Å². The number of rotatable bonds is 8. The van der Waals surface area contributed by atoms with Crippen LogP contribution in [0.3, 0.4) is 0 Å². The number of aryl methyl sites for hydroxylation is 3. The maximum Gasteiger partial charge on any atom is 0.258 e. The minimum absolute atomic E-state index is 0.315. The van der Waals surface area contributed by atoms with Gasteiger partial charge in [0.15, 0.2) is 11.5 Å². The van der Waals surface area contributed by atoms with E-state index in [1.165, 1.54) is 0 Å². The third kappa shape index (κ3) is 6.54. The number of nitrogens with zero attached hydrogens (tertiary/aromatic N) is 3. The number of amides is 1. The number of benzene rings is 2. The van der Waals surface area contributed by atoms with Gasteiger partial charge in [0.2, 0.25) is 5.96 Å². The maximum atomic E-state index is 13.2. The molecule has 8 nitrogen and oxygen atoms in total. The van der Waals surface area contributed by atoms with Crippen molar-refractivity contribution in [2.45, 2.75) is 41.2 Å². The third-order valence-electron chi connectivity index (χ3n) is 5.53. The Morgan fingerprint density at radius 2 is 1.77 bits per heavy atom. The molecular weight excluding hydrogens is 466 g/mol. The minimum atomic E-state index is -0.327. The summed E-state index contributed by atoms with van der Waals surface area (Å²) >= 11 is 6.11. The maximum absolute atomic E-state index is 13.2. The second kappa shape index (κ2) is 11.8. The lowest BCUT2D eigenvalue weighted by Crippen LogP contribution is -2.36. The Kier molecular flexibility index (Phi) is 8.76. The number of hydrogen-bond donors (Lipinski definition) is 2. The van der Waals surface area contributed by atoms with Gasteiger partial charge >= 0.3 is 0 Å². The van der Waals surface area contributed by atoms with Crippen LogP contribution in [0.2, 0.25) is 5.02 Å². The smallest absolute Gasteiger partial charge is 0.258 e. The molecule has 3 aromatic rings. The first-order valence-electron chi connectivity index (χ1n) is 11.5. The molecule has 0 aliphatic carbocycles. The number of carbonyl (C=O) groups is 1. The molecule has 2 N–H and O–H groups in total. The summed E-state index contributed by atoms with van der Waals surface area (Å²) in [5.74, 6) is 1.10. The summed E-state index contributed by atoms with van der Waals surface area (Å²) in [6.07, 6.45) is 0. The second-order valence-electron chi connectivity index (χ2n) is 8.00. The molecule has 0 aliphatic rings. The van der Waals surface area contributed by atoms with Gasteiger partial charge < -0.3 is 14.8 Å². The van der Waals surface area contributed by atoms with Gasteiger partial charge in [0.1, 0.15) is 0 Å². The van der Waals surface area contributed by atoms with Gasteiger partial charge in [-0.3, -0.25) is 14.8 Å². The van der Waals surface area contributed by atoms with E-state index in [4.69, 9.17) is 26.1 Å². The highest BCUT2D eigenvalue weighted by molar-refractivity contribution is 6.30. The molecule has 0 radical (unpaired) electrons. The van der Waals surface area contributed by atoms with Crippen LogP contribution >= 0.6 is 11.6 Å². The zero-order valence-electron chi connectivity index (χ0n) is 21.0. The standard InChI is InChI=1S/C26H32ClN5O3/c1-7-34-23-12-9-19(14-24(23)35-8-2)25(33)30-26(29-22-11-10-20(27)13-16(22)3)28-15-21-17(4)31-32(6)18(21)5/h9-14H,7-8,15H2,1-6H3,(H2,28,29,30,33). The van der Waals surface area contributed by atoms with E-state index in [0.717, 1.165) is 28.2 Å². The van der Waals surface area contributed by atoms with Crippen LogP contribution in [-0.4, -0.2) is 34.9 Å². The number of hydrogen-bond acceptors (Lipinski definition) is 5. The van der Waals surface area contributed by atoms with Crippen LogP contribution in [0.4, 0.5) is 5.69 Å². The number of anilines is 1. The SMILES string of the molecule is CCOc1ccc(C(=O)NC(=NCc2c(C)nn(C)c2C)Nc2ccc(Cl)cc2C)cc1OCC. The number of ether oxygens (including phenoxy) is 2. The predicted molar refractivity (Wildman–Crippen MR) is 140 cm³/mol. The summed E-state index contributed by atoms with van der Waals surface area (Å²) in [4.78, 5) is 17.9. The van der Waals surface area contributed by atoms with Gasteiger partial charge in [0, 0.05) is 34.6 Å². The molecule has 1 aromatic heterocycles. The highest BCUT2D eigenvalue weighted by atomic mass is 35.5. The molecule has 0 aliphatic heterocycles. The molecule has 1 amide bonds. The average Bonchev–Trinajstić information content (AvgIpc) is 3.06. The minimum Gasteiger partial charge on any atom is -0.490 e. The molecule has 0 saturated heterocycles. The van der Waals surface area contributed by atoms with E-state index in [-0.39, 0.29) is 5.91 Å². The van der Waals surface area contributed by atoms with Crippen LogP contribution in [0.5, 0.6) is 11.5 Å². The van der Waals surface area contributed by atoms with E-state index in [2.05, 4.69) is 15.7 Å². The van der Waals surface area contributed by atoms with Crippen LogP contribution in [0, 0.1) is 20.8 Å². The lowest BCUT2D eigenvalue weighted by Gasteiger charge is -2.15. The Hall–Kier alpha value is -3.52. The first kappa shape index (κ1) is 26.1. The summed E-state index contributed by atoms with van der Waals surface area (Å²) in [7, 11) is 1.90. The van der Waals surface area contributed by atoms with Crippen LogP contribution in [0.15, 0.2) is 41.4 Å². The van der Waals surface area contributed by atoms with Gasteiger partial charge in [0.05, 0.1) is 25.5 Å². The average molecular weight is 498 g/mol. The Balaban J connectivity index is 1.91. The Labute approximate surface area is 211 Å². The molecular formula is C26H32ClN5O3. The lowest BCUT2D eigenvalue weighted by molar-refractivity contribution is 0.0976. The van der Waals surface area contributed by atoms with Crippen LogP contribution in [-0.2, 0) is 13.6 Å². The van der Waals surface area contributed by atoms with Crippen molar-refractivity contribution >= 4 is 29.2 Å². The van der Waals surface area contributed by atoms with E-state index in [9.17, 15) is 4.79 Å². The fourth-order valence-electron chi connectivity index (χ4n) is 3.58. The zero-order chi connectivity index (χ0) is 25.5. The number of carbonyl (C=O) groups excluding carboxylic acids is 1. The van der Waals surface area contributed by atoms with E-state index in [0.29, 0.717) is 47.8 Å². The Morgan fingerprint density at radius 3 is 2.40 bits per heavy atom. The summed E-state index contributed by atoms with van der Waals surface area (Å²) in [6.45, 7) is 11.0. The van der Waals surface area contributed by atoms with Gasteiger partial charge in [0.25, 0.3) is 5.91 Å². The molecule has 0 saturated carbocycles. The van der Waals surface area contributed by atoms with Crippen molar-refractivity contribution in [1.29, 1.82) is 0 Å². The van der Waals surface area contributed by atoms with Crippen molar-refractivity contribution in [3.8, 4) is 11.5 Å². The molecule has 0 atom stereocenters. The normalized spacial score (nSPS) is 11.3. The Bertz CT molecular complexity index is 1240. The molecule has 0 unspecified atom stereocenters. The molecule has 0 spiro atoms. The van der Waals surface area contributed by atoms with Crippen molar-refractivity contribution in [2.24, 2.45) is 12.0 Å². The van der Waals surface area contributed by atoms with Crippen LogP contribution in [0.25, 0.3) is 0 Å². The highest BCUT2D eigenvalue weighted by Crippen LogP contribution is 2.28. The fourth-order valence-corrected chi connectivity index (χ4v) is 3.81. The van der Waals surface area contributed by atoms with Gasteiger partial charge in [-0.2, -0.15) is 5.10 Å². The van der Waals surface area contributed by atoms with E-state index in [1.54, 1.807) is 24.3 Å². The first-order valence-corrected chi connectivity index (χ1v) is 11.9. The van der Waals surface area contributed by atoms with Gasteiger partial charge in [-0.25, -0.2) is 4.99 Å². The van der Waals surface area contributed by atoms with E-state index >= 15 is 0 Å². The number of aliphatic imine (C=N–C) groups is 1. The molecule has 3 rings (SSSR count). The zero-order valence-corrected chi connectivity index (χ0v) is 21.8.